The number of nitrogens with one attached hydrogen (secondary N) is 2. The van der Waals surface area contributed by atoms with E-state index in [1.165, 1.54) is 30.3 Å². The number of aryl methyl sites for hydroxylation is 1. The van der Waals surface area contributed by atoms with E-state index >= 15 is 0 Å². The Hall–Kier alpha value is -3.18. The van der Waals surface area contributed by atoms with E-state index in [0.29, 0.717) is 12.0 Å². The van der Waals surface area contributed by atoms with E-state index in [-0.39, 0.29) is 16.3 Å². The van der Waals surface area contributed by atoms with Gasteiger partial charge in [0.05, 0.1) is 5.02 Å². The SMILES string of the molecule is CCc1cc(F)ccc1Oc1nc(C(F)(F)F)c(Cl)cc1C(=O)Nc1cccc([S-](=N)=O)c1. The van der Waals surface area contributed by atoms with Gasteiger partial charge in [0, 0.05) is 5.69 Å². The number of benzene rings is 2. The standard InChI is InChI=1S/C21H15ClF4N3O3S/c1-2-11-8-12(23)6-7-17(11)32-20-15(10-16(22)18(29-20)21(24,25)26)19(30)28-13-4-3-5-14(9-13)33(27)31/h3-10,27H,2H2,1H3,(H,28,30)/q-1. The number of hydrogen-bond acceptors (Lipinski definition) is 6. The van der Waals surface area contributed by atoms with Gasteiger partial charge in [-0.05, 0) is 42.3 Å². The highest BCUT2D eigenvalue weighted by atomic mass is 35.5. The third-order valence-corrected chi connectivity index (χ3v) is 5.34. The van der Waals surface area contributed by atoms with Crippen LogP contribution < -0.4 is 10.1 Å². The summed E-state index contributed by atoms with van der Waals surface area (Å²) in [5.41, 5.74) is -1.40. The van der Waals surface area contributed by atoms with Crippen molar-refractivity contribution < 1.29 is 31.3 Å². The van der Waals surface area contributed by atoms with E-state index in [2.05, 4.69) is 10.3 Å². The first kappa shape index (κ1) is 24.5. The Labute approximate surface area is 192 Å². The number of pyridine rings is 1. The predicted octanol–water partition coefficient (Wildman–Crippen LogP) is 6.58. The normalized spacial score (nSPS) is 11.5. The Morgan fingerprint density at radius 2 is 1.94 bits per heavy atom. The third-order valence-electron chi connectivity index (χ3n) is 4.37. The first-order chi connectivity index (χ1) is 15.5. The average Bonchev–Trinajstić information content (AvgIpc) is 2.75. The number of amides is 1. The van der Waals surface area contributed by atoms with Crippen LogP contribution in [-0.2, 0) is 27.4 Å². The minimum absolute atomic E-state index is 0.0162. The van der Waals surface area contributed by atoms with Gasteiger partial charge in [0.25, 0.3) is 5.91 Å². The van der Waals surface area contributed by atoms with Crippen LogP contribution in [0.25, 0.3) is 0 Å². The monoisotopic (exact) mass is 500 g/mol. The molecule has 3 rings (SSSR count). The van der Waals surface area contributed by atoms with Gasteiger partial charge >= 0.3 is 6.18 Å². The fourth-order valence-electron chi connectivity index (χ4n) is 2.83. The van der Waals surface area contributed by atoms with Crippen molar-refractivity contribution in [3.63, 3.8) is 0 Å². The molecule has 0 atom stereocenters. The Bertz CT molecular complexity index is 1290. The number of anilines is 1. The summed E-state index contributed by atoms with van der Waals surface area (Å²) in [5, 5.41) is 1.60. The summed E-state index contributed by atoms with van der Waals surface area (Å²) in [5.74, 6) is -2.15. The Morgan fingerprint density at radius 3 is 2.58 bits per heavy atom. The van der Waals surface area contributed by atoms with Crippen molar-refractivity contribution in [2.24, 2.45) is 0 Å². The Balaban J connectivity index is 2.07. The zero-order valence-electron chi connectivity index (χ0n) is 16.8. The molecule has 0 unspecified atom stereocenters. The molecule has 0 spiro atoms. The number of hydrogen-bond donors (Lipinski definition) is 2. The van der Waals surface area contributed by atoms with Gasteiger partial charge in [0.1, 0.15) is 17.1 Å². The lowest BCUT2D eigenvalue weighted by Crippen LogP contribution is -2.17. The van der Waals surface area contributed by atoms with Gasteiger partial charge in [0.15, 0.2) is 5.69 Å². The second-order valence-electron chi connectivity index (χ2n) is 6.63. The Kier molecular flexibility index (Phi) is 7.23. The molecule has 0 aliphatic carbocycles. The molecule has 6 nitrogen and oxygen atoms in total. The van der Waals surface area contributed by atoms with Crippen molar-refractivity contribution in [1.82, 2.24) is 4.98 Å². The second-order valence-corrected chi connectivity index (χ2v) is 8.04. The zero-order chi connectivity index (χ0) is 24.3. The van der Waals surface area contributed by atoms with Crippen molar-refractivity contribution in [1.29, 1.82) is 4.78 Å². The molecule has 0 radical (unpaired) electrons. The number of ether oxygens (including phenoxy) is 1. The largest absolute Gasteiger partial charge is 0.440 e. The number of carbonyl (C=O) groups is 1. The van der Waals surface area contributed by atoms with Gasteiger partial charge in [-0.2, -0.15) is 23.8 Å². The van der Waals surface area contributed by atoms with Crippen LogP contribution in [0.2, 0.25) is 5.02 Å². The van der Waals surface area contributed by atoms with E-state index in [1.807, 2.05) is 0 Å². The molecule has 1 aromatic heterocycles. The first-order valence-electron chi connectivity index (χ1n) is 9.28. The van der Waals surface area contributed by atoms with Crippen LogP contribution in [0.4, 0.5) is 23.2 Å². The summed E-state index contributed by atoms with van der Waals surface area (Å²) in [6.07, 6.45) is -4.63. The maximum Gasteiger partial charge on any atom is 0.434 e. The minimum atomic E-state index is -4.92. The molecule has 3 aromatic rings. The van der Waals surface area contributed by atoms with Crippen LogP contribution in [0.15, 0.2) is 53.4 Å². The summed E-state index contributed by atoms with van der Waals surface area (Å²) < 4.78 is 77.8. The highest BCUT2D eigenvalue weighted by Gasteiger charge is 2.37. The molecule has 1 amide bonds. The molecule has 1 heterocycles. The number of alkyl halides is 3. The van der Waals surface area contributed by atoms with Crippen LogP contribution in [0.3, 0.4) is 0 Å². The van der Waals surface area contributed by atoms with Gasteiger partial charge in [0.2, 0.25) is 5.88 Å². The maximum absolute atomic E-state index is 13.5. The van der Waals surface area contributed by atoms with Crippen LogP contribution in [-0.4, -0.2) is 10.9 Å². The summed E-state index contributed by atoms with van der Waals surface area (Å²) in [6.45, 7) is 1.69. The molecule has 0 aliphatic heterocycles. The van der Waals surface area contributed by atoms with Gasteiger partial charge < -0.3 is 19.0 Å². The molecular weight excluding hydrogens is 486 g/mol. The first-order valence-corrected chi connectivity index (χ1v) is 10.8. The van der Waals surface area contributed by atoms with Crippen molar-refractivity contribution in [2.75, 3.05) is 5.32 Å². The van der Waals surface area contributed by atoms with Crippen LogP contribution in [0.5, 0.6) is 11.6 Å². The lowest BCUT2D eigenvalue weighted by Gasteiger charge is -2.16. The molecule has 2 N–H and O–H groups in total. The lowest BCUT2D eigenvalue weighted by atomic mass is 10.1. The Morgan fingerprint density at radius 1 is 1.21 bits per heavy atom. The fourth-order valence-corrected chi connectivity index (χ4v) is 3.52. The smallest absolute Gasteiger partial charge is 0.434 e. The fraction of sp³-hybridized carbons (Fsp3) is 0.143. The number of aromatic nitrogens is 1. The van der Waals surface area contributed by atoms with E-state index in [0.717, 1.165) is 18.2 Å². The molecule has 33 heavy (non-hydrogen) atoms. The molecule has 174 valence electrons. The number of nitrogens with zero attached hydrogens (tertiary/aromatic N) is 1. The molecule has 0 fully saturated rings. The maximum atomic E-state index is 13.5. The van der Waals surface area contributed by atoms with E-state index in [4.69, 9.17) is 21.1 Å². The second kappa shape index (κ2) is 9.75. The van der Waals surface area contributed by atoms with Crippen molar-refractivity contribution >= 4 is 33.8 Å². The molecule has 2 aromatic carbocycles. The number of halogens is 5. The van der Waals surface area contributed by atoms with Gasteiger partial charge in [-0.3, -0.25) is 4.79 Å². The number of rotatable bonds is 6. The minimum Gasteiger partial charge on any atom is -0.440 e. The molecule has 0 saturated carbocycles. The predicted molar refractivity (Wildman–Crippen MR) is 114 cm³/mol. The summed E-state index contributed by atoms with van der Waals surface area (Å²) in [7, 11) is -2.07. The molecule has 12 heteroatoms. The topological polar surface area (TPSA) is 92.1 Å². The lowest BCUT2D eigenvalue weighted by molar-refractivity contribution is -0.141. The van der Waals surface area contributed by atoms with Crippen LogP contribution in [0, 0.1) is 10.6 Å². The molecule has 0 bridgehead atoms. The summed E-state index contributed by atoms with van der Waals surface area (Å²) in [6, 6.07) is 9.75. The van der Waals surface area contributed by atoms with Crippen molar-refractivity contribution in [3.8, 4) is 11.6 Å². The van der Waals surface area contributed by atoms with Gasteiger partial charge in [-0.15, -0.1) is 0 Å². The van der Waals surface area contributed by atoms with Crippen LogP contribution in [0.1, 0.15) is 28.5 Å². The van der Waals surface area contributed by atoms with E-state index < -0.39 is 50.7 Å². The summed E-state index contributed by atoms with van der Waals surface area (Å²) >= 11 is 5.75. The molecule has 0 aliphatic rings. The van der Waals surface area contributed by atoms with Crippen molar-refractivity contribution in [3.05, 3.63) is 76.2 Å². The number of carbonyl (C=O) groups excluding carboxylic acids is 1. The quantitative estimate of drug-likeness (QED) is 0.295. The van der Waals surface area contributed by atoms with Crippen molar-refractivity contribution in [2.45, 2.75) is 24.4 Å². The van der Waals surface area contributed by atoms with Gasteiger partial charge in [-0.25, -0.2) is 9.37 Å². The highest BCUT2D eigenvalue weighted by Crippen LogP contribution is 2.38. The zero-order valence-corrected chi connectivity index (χ0v) is 18.4. The van der Waals surface area contributed by atoms with Gasteiger partial charge in [-0.1, -0.05) is 41.6 Å². The van der Waals surface area contributed by atoms with Crippen LogP contribution >= 0.6 is 11.6 Å². The highest BCUT2D eigenvalue weighted by molar-refractivity contribution is 7.73. The molecular formula is C21H15ClF4N3O3S-. The molecule has 0 saturated heterocycles. The van der Waals surface area contributed by atoms with E-state index in [9.17, 15) is 26.6 Å². The summed E-state index contributed by atoms with van der Waals surface area (Å²) in [4.78, 5) is 16.4. The van der Waals surface area contributed by atoms with E-state index in [1.54, 1.807) is 6.92 Å². The third kappa shape index (κ3) is 5.79. The average molecular weight is 501 g/mol.